The van der Waals surface area contributed by atoms with Crippen molar-refractivity contribution in [1.82, 2.24) is 15.2 Å². The summed E-state index contributed by atoms with van der Waals surface area (Å²) in [6, 6.07) is 6.90. The maximum absolute atomic E-state index is 13.1. The molecule has 0 radical (unpaired) electrons. The summed E-state index contributed by atoms with van der Waals surface area (Å²) < 4.78 is 13.1. The van der Waals surface area contributed by atoms with Gasteiger partial charge in [0.15, 0.2) is 0 Å². The Morgan fingerprint density at radius 1 is 1.42 bits per heavy atom. The molecule has 2 aromatic heterocycles. The van der Waals surface area contributed by atoms with Crippen LogP contribution in [0.15, 0.2) is 40.9 Å². The lowest BCUT2D eigenvalue weighted by molar-refractivity contribution is -0.384. The molecule has 0 spiro atoms. The van der Waals surface area contributed by atoms with Gasteiger partial charge in [-0.2, -0.15) is 0 Å². The third-order valence-electron chi connectivity index (χ3n) is 3.20. The Morgan fingerprint density at radius 2 is 2.27 bits per heavy atom. The highest BCUT2D eigenvalue weighted by molar-refractivity contribution is 7.99. The van der Waals surface area contributed by atoms with Crippen LogP contribution in [0.4, 0.5) is 15.8 Å². The number of hydrogen-bond acceptors (Lipinski definition) is 7. The van der Waals surface area contributed by atoms with E-state index in [1.165, 1.54) is 0 Å². The van der Waals surface area contributed by atoms with E-state index in [0.29, 0.717) is 17.4 Å². The number of H-pyrrole nitrogens is 1. The summed E-state index contributed by atoms with van der Waals surface area (Å²) in [4.78, 5) is 27.6. The molecule has 3 aromatic rings. The molecule has 0 bridgehead atoms. The van der Waals surface area contributed by atoms with Crippen LogP contribution in [0.3, 0.4) is 0 Å². The number of carbonyl (C=O) groups is 1. The number of halogens is 1. The Bertz CT molecular complexity index is 929. The number of aromatic nitrogens is 3. The summed E-state index contributed by atoms with van der Waals surface area (Å²) in [5.74, 6) is -0.577. The number of nitro benzene ring substituents is 1. The minimum absolute atomic E-state index is 0.0369. The summed E-state index contributed by atoms with van der Waals surface area (Å²) in [6.07, 6.45) is 0.624. The van der Waals surface area contributed by atoms with Crippen LogP contribution in [0.2, 0.25) is 0 Å². The van der Waals surface area contributed by atoms with Gasteiger partial charge in [0.05, 0.1) is 16.7 Å². The van der Waals surface area contributed by atoms with E-state index in [-0.39, 0.29) is 11.4 Å². The molecule has 8 nitrogen and oxygen atoms in total. The zero-order valence-electron chi connectivity index (χ0n) is 13.1. The first-order valence-electron chi connectivity index (χ1n) is 7.31. The van der Waals surface area contributed by atoms with Crippen molar-refractivity contribution in [1.29, 1.82) is 0 Å². The molecular weight excluding hydrogens is 381 g/mol. The van der Waals surface area contributed by atoms with Gasteiger partial charge >= 0.3 is 0 Å². The molecule has 2 heterocycles. The number of thioether (sulfide) groups is 1. The van der Waals surface area contributed by atoms with Crippen LogP contribution < -0.4 is 5.32 Å². The van der Waals surface area contributed by atoms with E-state index in [4.69, 9.17) is 0 Å². The number of thiophene rings is 1. The third-order valence-corrected chi connectivity index (χ3v) is 4.92. The number of hydrogen-bond donors (Lipinski definition) is 2. The molecule has 0 atom stereocenters. The number of nitro groups is 1. The molecule has 11 heteroatoms. The van der Waals surface area contributed by atoms with Crippen LogP contribution in [0, 0.1) is 15.9 Å². The van der Waals surface area contributed by atoms with Crippen molar-refractivity contribution in [2.24, 2.45) is 0 Å². The molecule has 1 amide bonds. The fourth-order valence-electron chi connectivity index (χ4n) is 2.08. The van der Waals surface area contributed by atoms with Gasteiger partial charge in [-0.05, 0) is 23.6 Å². The van der Waals surface area contributed by atoms with E-state index in [9.17, 15) is 19.3 Å². The van der Waals surface area contributed by atoms with Crippen molar-refractivity contribution < 1.29 is 14.1 Å². The van der Waals surface area contributed by atoms with Gasteiger partial charge in [0, 0.05) is 11.3 Å². The van der Waals surface area contributed by atoms with Gasteiger partial charge in [0.25, 0.3) is 5.69 Å². The number of anilines is 1. The lowest BCUT2D eigenvalue weighted by atomic mass is 10.2. The molecule has 0 unspecified atom stereocenters. The molecule has 0 saturated carbocycles. The topological polar surface area (TPSA) is 114 Å². The highest BCUT2D eigenvalue weighted by atomic mass is 32.2. The monoisotopic (exact) mass is 393 g/mol. The summed E-state index contributed by atoms with van der Waals surface area (Å²) in [5.41, 5.74) is -0.560. The van der Waals surface area contributed by atoms with Gasteiger partial charge in [0.1, 0.15) is 17.3 Å². The summed E-state index contributed by atoms with van der Waals surface area (Å²) >= 11 is 2.70. The second kappa shape index (κ2) is 8.06. The minimum atomic E-state index is -0.752. The maximum Gasteiger partial charge on any atom is 0.295 e. The van der Waals surface area contributed by atoms with Crippen LogP contribution >= 0.6 is 23.1 Å². The van der Waals surface area contributed by atoms with E-state index in [2.05, 4.69) is 20.5 Å². The zero-order valence-corrected chi connectivity index (χ0v) is 14.8. The molecule has 0 aliphatic heterocycles. The van der Waals surface area contributed by atoms with Crippen LogP contribution in [-0.2, 0) is 11.2 Å². The van der Waals surface area contributed by atoms with E-state index < -0.39 is 22.3 Å². The molecule has 0 saturated heterocycles. The fourth-order valence-corrected chi connectivity index (χ4v) is 3.40. The number of amides is 1. The molecule has 3 rings (SSSR count). The van der Waals surface area contributed by atoms with Crippen LogP contribution in [0.25, 0.3) is 0 Å². The number of carbonyl (C=O) groups excluding carboxylic acids is 1. The minimum Gasteiger partial charge on any atom is -0.320 e. The van der Waals surface area contributed by atoms with Gasteiger partial charge in [-0.25, -0.2) is 9.37 Å². The van der Waals surface area contributed by atoms with Gasteiger partial charge in [-0.15, -0.1) is 16.4 Å². The van der Waals surface area contributed by atoms with Crippen LogP contribution in [-0.4, -0.2) is 31.8 Å². The molecule has 2 N–H and O–H groups in total. The standard InChI is InChI=1S/C15H12FN5O3S2/c16-9-3-4-11(12(6-9)21(23)24)17-14(22)8-26-15-18-13(19-20-15)7-10-2-1-5-25-10/h1-6H,7-8H2,(H,17,22)(H,18,19,20). The number of nitrogens with one attached hydrogen (secondary N) is 2. The Morgan fingerprint density at radius 3 is 3.00 bits per heavy atom. The average Bonchev–Trinajstić information content (AvgIpc) is 3.27. The van der Waals surface area contributed by atoms with Crippen molar-refractivity contribution in [3.63, 3.8) is 0 Å². The number of rotatable bonds is 7. The second-order valence-corrected chi connectivity index (χ2v) is 7.05. The van der Waals surface area contributed by atoms with Crippen molar-refractivity contribution >= 4 is 40.4 Å². The lowest BCUT2D eigenvalue weighted by Gasteiger charge is -2.05. The van der Waals surface area contributed by atoms with Crippen LogP contribution in [0.1, 0.15) is 10.7 Å². The van der Waals surface area contributed by atoms with Crippen LogP contribution in [0.5, 0.6) is 0 Å². The summed E-state index contributed by atoms with van der Waals surface area (Å²) in [5, 5.41) is 22.5. The Hall–Kier alpha value is -2.79. The fraction of sp³-hybridized carbons (Fsp3) is 0.133. The highest BCUT2D eigenvalue weighted by Crippen LogP contribution is 2.25. The van der Waals surface area contributed by atoms with Crippen molar-refractivity contribution in [3.8, 4) is 0 Å². The largest absolute Gasteiger partial charge is 0.320 e. The molecular formula is C15H12FN5O3S2. The Balaban J connectivity index is 1.56. The number of aromatic amines is 1. The van der Waals surface area contributed by atoms with E-state index in [1.807, 2.05) is 17.5 Å². The van der Waals surface area contributed by atoms with Gasteiger partial charge in [-0.1, -0.05) is 17.8 Å². The summed E-state index contributed by atoms with van der Waals surface area (Å²) in [7, 11) is 0. The second-order valence-electron chi connectivity index (χ2n) is 5.08. The Labute approximate surface area is 155 Å². The third kappa shape index (κ3) is 4.64. The smallest absolute Gasteiger partial charge is 0.295 e. The predicted molar refractivity (Wildman–Crippen MR) is 95.9 cm³/mol. The Kier molecular flexibility index (Phi) is 5.58. The maximum atomic E-state index is 13.1. The molecule has 1 aromatic carbocycles. The van der Waals surface area contributed by atoms with E-state index in [0.717, 1.165) is 34.8 Å². The number of nitrogens with zero attached hydrogens (tertiary/aromatic N) is 3. The summed E-state index contributed by atoms with van der Waals surface area (Å²) in [6.45, 7) is 0. The normalized spacial score (nSPS) is 10.7. The lowest BCUT2D eigenvalue weighted by Crippen LogP contribution is -2.15. The van der Waals surface area contributed by atoms with Gasteiger partial charge in [-0.3, -0.25) is 20.0 Å². The van der Waals surface area contributed by atoms with Crippen molar-refractivity contribution in [3.05, 3.63) is 62.3 Å². The molecule has 0 aliphatic carbocycles. The molecule has 0 fully saturated rings. The number of benzene rings is 1. The molecule has 26 heavy (non-hydrogen) atoms. The van der Waals surface area contributed by atoms with Gasteiger partial charge in [0.2, 0.25) is 11.1 Å². The SMILES string of the molecule is O=C(CSc1n[nH]c(Cc2cccs2)n1)Nc1ccc(F)cc1[N+](=O)[O-]. The molecule has 134 valence electrons. The first-order valence-corrected chi connectivity index (χ1v) is 9.18. The average molecular weight is 393 g/mol. The predicted octanol–water partition coefficient (Wildman–Crippen LogP) is 3.24. The van der Waals surface area contributed by atoms with E-state index in [1.54, 1.807) is 11.3 Å². The molecule has 0 aliphatic rings. The first kappa shape index (κ1) is 18.0. The van der Waals surface area contributed by atoms with Crippen molar-refractivity contribution in [2.75, 3.05) is 11.1 Å². The zero-order chi connectivity index (χ0) is 18.5. The van der Waals surface area contributed by atoms with Gasteiger partial charge < -0.3 is 5.32 Å². The quantitative estimate of drug-likeness (QED) is 0.362. The van der Waals surface area contributed by atoms with Crippen molar-refractivity contribution in [2.45, 2.75) is 11.6 Å². The first-order chi connectivity index (χ1) is 12.5. The van der Waals surface area contributed by atoms with E-state index >= 15 is 0 Å². The highest BCUT2D eigenvalue weighted by Gasteiger charge is 2.17.